The van der Waals surface area contributed by atoms with Gasteiger partial charge < -0.3 is 5.32 Å². The van der Waals surface area contributed by atoms with E-state index in [0.29, 0.717) is 5.56 Å². The van der Waals surface area contributed by atoms with Gasteiger partial charge in [-0.2, -0.15) is 13.2 Å². The molecule has 0 unspecified atom stereocenters. The summed E-state index contributed by atoms with van der Waals surface area (Å²) in [6.07, 6.45) is -3.10. The van der Waals surface area contributed by atoms with Gasteiger partial charge in [0.25, 0.3) is 10.0 Å². The molecule has 0 aliphatic heterocycles. The molecule has 1 N–H and O–H groups in total. The van der Waals surface area contributed by atoms with E-state index in [2.05, 4.69) is 15.3 Å². The minimum atomic E-state index is -4.44. The first-order valence-electron chi connectivity index (χ1n) is 7.67. The Hall–Kier alpha value is -1.89. The Bertz CT molecular complexity index is 1110. The fourth-order valence-corrected chi connectivity index (χ4v) is 4.40. The van der Waals surface area contributed by atoms with Crippen molar-refractivity contribution in [1.82, 2.24) is 13.9 Å². The van der Waals surface area contributed by atoms with Crippen LogP contribution in [0.5, 0.6) is 0 Å². The van der Waals surface area contributed by atoms with Gasteiger partial charge in [0, 0.05) is 28.8 Å². The molecule has 0 saturated carbocycles. The van der Waals surface area contributed by atoms with Crippen LogP contribution in [-0.4, -0.2) is 35.1 Å². The zero-order chi connectivity index (χ0) is 20.0. The number of benzene rings is 1. The zero-order valence-electron chi connectivity index (χ0n) is 14.2. The van der Waals surface area contributed by atoms with Crippen LogP contribution in [0.15, 0.2) is 35.4 Å². The largest absolute Gasteiger partial charge is 0.405 e. The Labute approximate surface area is 167 Å². The second kappa shape index (κ2) is 6.93. The van der Waals surface area contributed by atoms with Crippen molar-refractivity contribution in [3.8, 4) is 0 Å². The molecule has 3 rings (SSSR count). The van der Waals surface area contributed by atoms with Crippen molar-refractivity contribution in [2.24, 2.45) is 0 Å². The number of aryl methyl sites for hydroxylation is 2. The number of aromatic nitrogens is 3. The molecule has 0 atom stereocenters. The van der Waals surface area contributed by atoms with Gasteiger partial charge in [-0.3, -0.25) is 0 Å². The molecule has 0 radical (unpaired) electrons. The van der Waals surface area contributed by atoms with Crippen LogP contribution in [0.1, 0.15) is 11.1 Å². The van der Waals surface area contributed by atoms with Crippen molar-refractivity contribution in [3.63, 3.8) is 0 Å². The molecule has 6 nitrogen and oxygen atoms in total. The van der Waals surface area contributed by atoms with Crippen LogP contribution < -0.4 is 5.32 Å². The van der Waals surface area contributed by atoms with E-state index in [0.717, 1.165) is 9.54 Å². The maximum Gasteiger partial charge on any atom is 0.405 e. The van der Waals surface area contributed by atoms with E-state index < -0.39 is 22.7 Å². The highest BCUT2D eigenvalue weighted by Gasteiger charge is 2.29. The summed E-state index contributed by atoms with van der Waals surface area (Å²) in [6, 6.07) is 6.28. The average Bonchev–Trinajstić information content (AvgIpc) is 2.90. The van der Waals surface area contributed by atoms with E-state index in [1.165, 1.54) is 18.3 Å². The number of anilines is 1. The fourth-order valence-electron chi connectivity index (χ4n) is 2.57. The first kappa shape index (κ1) is 19.9. The van der Waals surface area contributed by atoms with Crippen molar-refractivity contribution in [2.45, 2.75) is 24.9 Å². The molecule has 0 aliphatic rings. The van der Waals surface area contributed by atoms with Gasteiger partial charge >= 0.3 is 6.18 Å². The fraction of sp³-hybridized carbons (Fsp3) is 0.250. The minimum absolute atomic E-state index is 0.0251. The van der Waals surface area contributed by atoms with Crippen LogP contribution in [0.4, 0.5) is 19.0 Å². The summed E-state index contributed by atoms with van der Waals surface area (Å²) in [4.78, 5) is 8.21. The van der Waals surface area contributed by atoms with E-state index in [9.17, 15) is 21.6 Å². The van der Waals surface area contributed by atoms with E-state index in [4.69, 9.17) is 0 Å². The van der Waals surface area contributed by atoms with Crippen LogP contribution in [0.3, 0.4) is 0 Å². The Morgan fingerprint density at radius 2 is 1.78 bits per heavy atom. The van der Waals surface area contributed by atoms with Gasteiger partial charge in [0.2, 0.25) is 0 Å². The molecule has 144 valence electrons. The first-order valence-corrected chi connectivity index (χ1v) is 10.2. The molecular formula is C16H14F3IN4O2S. The SMILES string of the molecule is Cc1ccc(S(=O)(=O)n2cc(C)c3c(NCC(F)(F)F)nc(I)nc32)cc1. The molecule has 27 heavy (non-hydrogen) atoms. The summed E-state index contributed by atoms with van der Waals surface area (Å²) in [7, 11) is -3.97. The molecule has 1 aromatic carbocycles. The predicted octanol–water partition coefficient (Wildman–Crippen LogP) is 3.86. The summed E-state index contributed by atoms with van der Waals surface area (Å²) in [5, 5.41) is 2.46. The van der Waals surface area contributed by atoms with Gasteiger partial charge in [-0.1, -0.05) is 17.7 Å². The number of halogens is 4. The third-order valence-corrected chi connectivity index (χ3v) is 5.96. The highest BCUT2D eigenvalue weighted by molar-refractivity contribution is 14.1. The van der Waals surface area contributed by atoms with Gasteiger partial charge in [-0.25, -0.2) is 22.4 Å². The number of alkyl halides is 3. The number of fused-ring (bicyclic) bond motifs is 1. The first-order chi connectivity index (χ1) is 12.5. The van der Waals surface area contributed by atoms with E-state index in [-0.39, 0.29) is 25.6 Å². The van der Waals surface area contributed by atoms with Gasteiger partial charge in [0.1, 0.15) is 12.4 Å². The van der Waals surface area contributed by atoms with Crippen LogP contribution >= 0.6 is 22.6 Å². The lowest BCUT2D eigenvalue weighted by molar-refractivity contribution is -0.115. The van der Waals surface area contributed by atoms with Crippen LogP contribution in [0.25, 0.3) is 11.0 Å². The normalized spacial score (nSPS) is 12.5. The number of nitrogens with zero attached hydrogens (tertiary/aromatic N) is 3. The Morgan fingerprint density at radius 3 is 2.37 bits per heavy atom. The second-order valence-electron chi connectivity index (χ2n) is 5.93. The van der Waals surface area contributed by atoms with Gasteiger partial charge in [-0.15, -0.1) is 0 Å². The maximum atomic E-state index is 13.0. The molecular weight excluding hydrogens is 496 g/mol. The number of hydrogen-bond donors (Lipinski definition) is 1. The number of nitrogens with one attached hydrogen (secondary N) is 1. The summed E-state index contributed by atoms with van der Waals surface area (Å²) < 4.78 is 64.9. The van der Waals surface area contributed by atoms with Crippen LogP contribution in [0.2, 0.25) is 0 Å². The minimum Gasteiger partial charge on any atom is -0.360 e. The summed E-state index contributed by atoms with van der Waals surface area (Å²) in [5.74, 6) is -0.0583. The molecule has 2 aromatic heterocycles. The molecule has 0 aliphatic carbocycles. The van der Waals surface area contributed by atoms with Crippen LogP contribution in [-0.2, 0) is 10.0 Å². The van der Waals surface area contributed by atoms with E-state index >= 15 is 0 Å². The number of hydrogen-bond acceptors (Lipinski definition) is 5. The van der Waals surface area contributed by atoms with Crippen molar-refractivity contribution in [2.75, 3.05) is 11.9 Å². The lowest BCUT2D eigenvalue weighted by Crippen LogP contribution is -2.22. The van der Waals surface area contributed by atoms with Crippen molar-refractivity contribution in [3.05, 3.63) is 45.4 Å². The zero-order valence-corrected chi connectivity index (χ0v) is 17.1. The molecule has 0 bridgehead atoms. The molecule has 0 spiro atoms. The standard InChI is InChI=1S/C16H14F3IN4O2S/c1-9-3-5-11(6-4-9)27(25,26)24-7-10(2)12-13(21-8-16(17,18)19)22-15(20)23-14(12)24/h3-7H,8H2,1-2H3,(H,21,22,23). The Kier molecular flexibility index (Phi) is 5.10. The maximum absolute atomic E-state index is 13.0. The van der Waals surface area contributed by atoms with Crippen molar-refractivity contribution in [1.29, 1.82) is 0 Å². The highest BCUT2D eigenvalue weighted by atomic mass is 127. The molecule has 11 heteroatoms. The number of rotatable bonds is 4. The smallest absolute Gasteiger partial charge is 0.360 e. The predicted molar refractivity (Wildman–Crippen MR) is 103 cm³/mol. The Morgan fingerprint density at radius 1 is 1.15 bits per heavy atom. The van der Waals surface area contributed by atoms with E-state index in [1.807, 2.05) is 6.92 Å². The average molecular weight is 510 g/mol. The van der Waals surface area contributed by atoms with Gasteiger partial charge in [0.15, 0.2) is 9.48 Å². The summed E-state index contributed by atoms with van der Waals surface area (Å²) in [6.45, 7) is 2.14. The lowest BCUT2D eigenvalue weighted by atomic mass is 10.2. The van der Waals surface area contributed by atoms with Crippen molar-refractivity contribution < 1.29 is 21.6 Å². The third-order valence-electron chi connectivity index (χ3n) is 3.81. The lowest BCUT2D eigenvalue weighted by Gasteiger charge is -2.11. The molecule has 2 heterocycles. The monoisotopic (exact) mass is 510 g/mol. The van der Waals surface area contributed by atoms with Crippen LogP contribution in [0, 0.1) is 17.7 Å². The topological polar surface area (TPSA) is 76.9 Å². The van der Waals surface area contributed by atoms with Crippen molar-refractivity contribution >= 4 is 49.5 Å². The quantitative estimate of drug-likeness (QED) is 0.426. The molecule has 3 aromatic rings. The molecule has 0 saturated heterocycles. The summed E-state index contributed by atoms with van der Waals surface area (Å²) >= 11 is 1.74. The third kappa shape index (κ3) is 4.03. The van der Waals surface area contributed by atoms with E-state index in [1.54, 1.807) is 41.6 Å². The summed E-state index contributed by atoms with van der Waals surface area (Å²) in [5.41, 5.74) is 1.37. The highest BCUT2D eigenvalue weighted by Crippen LogP contribution is 2.30. The van der Waals surface area contributed by atoms with Gasteiger partial charge in [0.05, 0.1) is 10.3 Å². The Balaban J connectivity index is 2.18. The molecule has 0 fully saturated rings. The molecule has 0 amide bonds. The van der Waals surface area contributed by atoms with Gasteiger partial charge in [-0.05, 0) is 31.5 Å². The second-order valence-corrected chi connectivity index (χ2v) is 8.71.